The Bertz CT molecular complexity index is 1010. The molecule has 3 rings (SSSR count). The number of anilines is 1. The highest BCUT2D eigenvalue weighted by Crippen LogP contribution is 2.39. The Morgan fingerprint density at radius 2 is 1.82 bits per heavy atom. The average molecular weight is 468 g/mol. The van der Waals surface area contributed by atoms with E-state index in [1.165, 1.54) is 0 Å². The van der Waals surface area contributed by atoms with E-state index in [0.717, 1.165) is 54.1 Å². The van der Waals surface area contributed by atoms with Crippen molar-refractivity contribution < 1.29 is 19.1 Å². The van der Waals surface area contributed by atoms with Gasteiger partial charge in [0.15, 0.2) is 5.78 Å². The van der Waals surface area contributed by atoms with Crippen molar-refractivity contribution in [3.8, 4) is 17.0 Å². The van der Waals surface area contributed by atoms with Gasteiger partial charge >= 0.3 is 5.97 Å². The van der Waals surface area contributed by atoms with Crippen LogP contribution in [-0.4, -0.2) is 47.5 Å². The van der Waals surface area contributed by atoms with E-state index in [4.69, 9.17) is 9.47 Å². The van der Waals surface area contributed by atoms with E-state index in [0.29, 0.717) is 17.6 Å². The molecular weight excluding hydrogens is 430 g/mol. The molecule has 7 heteroatoms. The summed E-state index contributed by atoms with van der Waals surface area (Å²) in [5.74, 6) is 0.334. The van der Waals surface area contributed by atoms with Gasteiger partial charge in [-0.25, -0.2) is 0 Å². The Morgan fingerprint density at radius 1 is 1.12 bits per heavy atom. The summed E-state index contributed by atoms with van der Waals surface area (Å²) >= 11 is 0. The quantitative estimate of drug-likeness (QED) is 0.484. The summed E-state index contributed by atoms with van der Waals surface area (Å²) in [5, 5.41) is 0. The first kappa shape index (κ1) is 25.7. The maximum atomic E-state index is 12.6. The lowest BCUT2D eigenvalue weighted by Crippen LogP contribution is -2.38. The van der Waals surface area contributed by atoms with E-state index >= 15 is 0 Å². The van der Waals surface area contributed by atoms with Crippen molar-refractivity contribution in [1.29, 1.82) is 0 Å². The lowest BCUT2D eigenvalue weighted by molar-refractivity contribution is -0.146. The largest absolute Gasteiger partial charge is 0.484 e. The van der Waals surface area contributed by atoms with Gasteiger partial charge in [0.05, 0.1) is 30.1 Å². The fourth-order valence-electron chi connectivity index (χ4n) is 4.07. The van der Waals surface area contributed by atoms with Gasteiger partial charge in [-0.2, -0.15) is 0 Å². The summed E-state index contributed by atoms with van der Waals surface area (Å²) in [4.78, 5) is 35.8. The number of aryl methyl sites for hydroxylation is 1. The number of Topliss-reactive ketones (excluding diaryl/α,β-unsaturated/α-hetero) is 1. The zero-order chi connectivity index (χ0) is 24.9. The zero-order valence-electron chi connectivity index (χ0n) is 21.3. The van der Waals surface area contributed by atoms with Crippen LogP contribution in [0.1, 0.15) is 65.1 Å². The van der Waals surface area contributed by atoms with Gasteiger partial charge in [0.2, 0.25) is 0 Å². The highest BCUT2D eigenvalue weighted by atomic mass is 16.5. The van der Waals surface area contributed by atoms with Crippen molar-refractivity contribution in [3.63, 3.8) is 0 Å². The molecule has 2 aromatic rings. The molecule has 34 heavy (non-hydrogen) atoms. The predicted molar refractivity (Wildman–Crippen MR) is 133 cm³/mol. The third-order valence-electron chi connectivity index (χ3n) is 6.29. The Kier molecular flexibility index (Phi) is 8.28. The van der Waals surface area contributed by atoms with Crippen molar-refractivity contribution in [2.24, 2.45) is 5.41 Å². The maximum absolute atomic E-state index is 12.6. The van der Waals surface area contributed by atoms with Crippen LogP contribution in [0.4, 0.5) is 5.69 Å². The summed E-state index contributed by atoms with van der Waals surface area (Å²) in [6, 6.07) is 3.70. The first-order chi connectivity index (χ1) is 16.1. The topological polar surface area (TPSA) is 81.6 Å². The molecule has 0 bridgehead atoms. The molecule has 0 spiro atoms. The number of carbonyl (C=O) groups is 2. The molecular formula is C27H37N3O4. The maximum Gasteiger partial charge on any atom is 0.310 e. The summed E-state index contributed by atoms with van der Waals surface area (Å²) in [6.07, 6.45) is 6.04. The van der Waals surface area contributed by atoms with Gasteiger partial charge in [-0.1, -0.05) is 20.8 Å². The van der Waals surface area contributed by atoms with Crippen molar-refractivity contribution in [2.75, 3.05) is 24.6 Å². The molecule has 0 atom stereocenters. The molecule has 0 radical (unpaired) electrons. The number of hydrogen-bond donors (Lipinski definition) is 0. The number of nitrogens with zero attached hydrogens (tertiary/aromatic N) is 3. The fraction of sp³-hybridized carbons (Fsp3) is 0.556. The number of aromatic nitrogens is 2. The monoisotopic (exact) mass is 467 g/mol. The van der Waals surface area contributed by atoms with Gasteiger partial charge in [0.25, 0.3) is 0 Å². The van der Waals surface area contributed by atoms with Crippen molar-refractivity contribution in [1.82, 2.24) is 9.97 Å². The van der Waals surface area contributed by atoms with Crippen LogP contribution < -0.4 is 9.64 Å². The van der Waals surface area contributed by atoms with Crippen LogP contribution in [0.3, 0.4) is 0 Å². The second-order valence-electron chi connectivity index (χ2n) is 10.0. The van der Waals surface area contributed by atoms with Gasteiger partial charge < -0.3 is 14.4 Å². The Labute approximate surface area is 202 Å². The van der Waals surface area contributed by atoms with Gasteiger partial charge in [-0.05, 0) is 51.2 Å². The van der Waals surface area contributed by atoms with Gasteiger partial charge in [0.1, 0.15) is 12.4 Å². The third-order valence-corrected chi connectivity index (χ3v) is 6.29. The van der Waals surface area contributed by atoms with E-state index in [-0.39, 0.29) is 30.9 Å². The molecule has 7 nitrogen and oxygen atoms in total. The minimum absolute atomic E-state index is 0.0417. The van der Waals surface area contributed by atoms with Gasteiger partial charge in [0, 0.05) is 42.5 Å². The minimum atomic E-state index is -0.257. The van der Waals surface area contributed by atoms with Crippen LogP contribution in [0, 0.1) is 12.3 Å². The van der Waals surface area contributed by atoms with E-state index in [1.54, 1.807) is 6.20 Å². The molecule has 1 fully saturated rings. The smallest absolute Gasteiger partial charge is 0.310 e. The summed E-state index contributed by atoms with van der Waals surface area (Å²) in [6.45, 7) is 13.9. The molecule has 0 aliphatic carbocycles. The van der Waals surface area contributed by atoms with Crippen LogP contribution in [0.5, 0.6) is 5.75 Å². The van der Waals surface area contributed by atoms with Crippen molar-refractivity contribution in [2.45, 2.75) is 73.3 Å². The number of ketones is 1. The van der Waals surface area contributed by atoms with E-state index in [1.807, 2.05) is 46.0 Å². The second-order valence-corrected chi connectivity index (χ2v) is 10.0. The SMILES string of the molecule is CCC(=O)COc1ccc(-c2cnc(C)c(CC(=O)OC(C)C)c2N2CCC(C)(C)CC2)nc1. The molecule has 1 aliphatic rings. The van der Waals surface area contributed by atoms with Gasteiger partial charge in [-0.15, -0.1) is 0 Å². The highest BCUT2D eigenvalue weighted by molar-refractivity contribution is 5.84. The Morgan fingerprint density at radius 3 is 2.41 bits per heavy atom. The van der Waals surface area contributed by atoms with E-state index in [9.17, 15) is 9.59 Å². The van der Waals surface area contributed by atoms with Crippen LogP contribution >= 0.6 is 0 Å². The fourth-order valence-corrected chi connectivity index (χ4v) is 4.07. The standard InChI is InChI=1S/C27H37N3O4/c1-7-20(31)17-33-21-8-9-24(29-15-21)23-16-28-19(4)22(14-25(32)34-18(2)3)26(23)30-12-10-27(5,6)11-13-30/h8-9,15-16,18H,7,10-14,17H2,1-6H3. The predicted octanol–water partition coefficient (Wildman–Crippen LogP) is 4.93. The Balaban J connectivity index is 1.98. The van der Waals surface area contributed by atoms with Crippen molar-refractivity contribution >= 4 is 17.4 Å². The van der Waals surface area contributed by atoms with Crippen LogP contribution in [0.2, 0.25) is 0 Å². The molecule has 3 heterocycles. The number of rotatable bonds is 9. The Hall–Kier alpha value is -2.96. The van der Waals surface area contributed by atoms with Crippen LogP contribution in [0.25, 0.3) is 11.3 Å². The number of piperidine rings is 1. The first-order valence-corrected chi connectivity index (χ1v) is 12.1. The average Bonchev–Trinajstić information content (AvgIpc) is 2.79. The van der Waals surface area contributed by atoms with E-state index in [2.05, 4.69) is 28.7 Å². The third kappa shape index (κ3) is 6.55. The van der Waals surface area contributed by atoms with Gasteiger partial charge in [-0.3, -0.25) is 19.6 Å². The lowest BCUT2D eigenvalue weighted by atomic mass is 9.82. The number of carbonyl (C=O) groups excluding carboxylic acids is 2. The summed E-state index contributed by atoms with van der Waals surface area (Å²) in [5.41, 5.74) is 4.64. The normalized spacial score (nSPS) is 15.3. The van der Waals surface area contributed by atoms with Crippen molar-refractivity contribution in [3.05, 3.63) is 35.8 Å². The molecule has 0 aromatic carbocycles. The number of pyridine rings is 2. The number of hydrogen-bond acceptors (Lipinski definition) is 7. The van der Waals surface area contributed by atoms with E-state index < -0.39 is 0 Å². The number of esters is 1. The highest BCUT2D eigenvalue weighted by Gasteiger charge is 2.29. The van der Waals surface area contributed by atoms with Crippen LogP contribution in [-0.2, 0) is 20.7 Å². The summed E-state index contributed by atoms with van der Waals surface area (Å²) in [7, 11) is 0. The summed E-state index contributed by atoms with van der Waals surface area (Å²) < 4.78 is 11.0. The minimum Gasteiger partial charge on any atom is -0.484 e. The van der Waals surface area contributed by atoms with Crippen LogP contribution in [0.15, 0.2) is 24.5 Å². The molecule has 0 N–H and O–H groups in total. The second kappa shape index (κ2) is 11.0. The molecule has 1 saturated heterocycles. The molecule has 184 valence electrons. The number of ether oxygens (including phenoxy) is 2. The molecule has 2 aromatic heterocycles. The lowest BCUT2D eigenvalue weighted by Gasteiger charge is -2.40. The molecule has 0 unspecified atom stereocenters. The zero-order valence-corrected chi connectivity index (χ0v) is 21.3. The molecule has 0 amide bonds. The molecule has 1 aliphatic heterocycles. The molecule has 0 saturated carbocycles. The first-order valence-electron chi connectivity index (χ1n) is 12.1.